The van der Waals surface area contributed by atoms with Gasteiger partial charge in [0.2, 0.25) is 0 Å². The van der Waals surface area contributed by atoms with Crippen molar-refractivity contribution >= 4 is 5.82 Å². The van der Waals surface area contributed by atoms with Crippen LogP contribution in [0.2, 0.25) is 0 Å². The van der Waals surface area contributed by atoms with E-state index in [1.807, 2.05) is 0 Å². The van der Waals surface area contributed by atoms with E-state index in [1.165, 1.54) is 12.3 Å². The lowest BCUT2D eigenvalue weighted by Gasteiger charge is -2.24. The van der Waals surface area contributed by atoms with Crippen LogP contribution in [0.1, 0.15) is 5.56 Å². The van der Waals surface area contributed by atoms with Crippen LogP contribution in [0.25, 0.3) is 0 Å². The number of hydrogen-bond donors (Lipinski definition) is 2. The van der Waals surface area contributed by atoms with Crippen molar-refractivity contribution in [1.82, 2.24) is 10.3 Å². The Kier molecular flexibility index (Phi) is 4.03. The van der Waals surface area contributed by atoms with Crippen molar-refractivity contribution in [2.45, 2.75) is 12.2 Å². The molecule has 1 atom stereocenters. The summed E-state index contributed by atoms with van der Waals surface area (Å²) in [7, 11) is 0. The van der Waals surface area contributed by atoms with Gasteiger partial charge >= 0.3 is 6.18 Å². The number of morpholine rings is 1. The fraction of sp³-hybridized carbons (Fsp3) is 0.545. The van der Waals surface area contributed by atoms with Crippen molar-refractivity contribution in [3.05, 3.63) is 23.9 Å². The van der Waals surface area contributed by atoms with Gasteiger partial charge in [0.15, 0.2) is 0 Å². The second-order valence-corrected chi connectivity index (χ2v) is 4.00. The maximum atomic E-state index is 12.7. The lowest BCUT2D eigenvalue weighted by molar-refractivity contribution is -0.137. The molecule has 2 heterocycles. The highest BCUT2D eigenvalue weighted by molar-refractivity contribution is 5.45. The molecule has 0 amide bonds. The molecule has 2 rings (SSSR count). The highest BCUT2D eigenvalue weighted by atomic mass is 19.4. The first-order valence-corrected chi connectivity index (χ1v) is 5.64. The van der Waals surface area contributed by atoms with Crippen LogP contribution in [0, 0.1) is 0 Å². The third-order valence-corrected chi connectivity index (χ3v) is 2.63. The van der Waals surface area contributed by atoms with Gasteiger partial charge < -0.3 is 15.4 Å². The van der Waals surface area contributed by atoms with E-state index in [0.29, 0.717) is 26.3 Å². The molecular formula is C11H14F3N3O. The molecule has 100 valence electrons. The highest BCUT2D eigenvalue weighted by Gasteiger charge is 2.34. The molecule has 0 spiro atoms. The van der Waals surface area contributed by atoms with Gasteiger partial charge in [-0.1, -0.05) is 0 Å². The number of hydrogen-bond acceptors (Lipinski definition) is 4. The predicted molar refractivity (Wildman–Crippen MR) is 60.3 cm³/mol. The molecule has 1 aromatic heterocycles. The van der Waals surface area contributed by atoms with E-state index in [1.54, 1.807) is 0 Å². The molecular weight excluding hydrogens is 247 g/mol. The summed E-state index contributed by atoms with van der Waals surface area (Å²) in [5.41, 5.74) is -0.748. The van der Waals surface area contributed by atoms with Crippen LogP contribution in [0.4, 0.5) is 19.0 Å². The predicted octanol–water partition coefficient (Wildman–Crippen LogP) is 1.50. The summed E-state index contributed by atoms with van der Waals surface area (Å²) >= 11 is 0. The molecule has 1 fully saturated rings. The van der Waals surface area contributed by atoms with E-state index in [4.69, 9.17) is 4.74 Å². The molecule has 2 N–H and O–H groups in total. The first kappa shape index (κ1) is 13.1. The fourth-order valence-electron chi connectivity index (χ4n) is 1.75. The Morgan fingerprint density at radius 2 is 2.33 bits per heavy atom. The maximum absolute atomic E-state index is 12.7. The zero-order valence-corrected chi connectivity index (χ0v) is 9.63. The molecule has 0 bridgehead atoms. The number of aromatic nitrogens is 1. The van der Waals surface area contributed by atoms with Crippen LogP contribution < -0.4 is 10.6 Å². The van der Waals surface area contributed by atoms with Crippen molar-refractivity contribution in [2.24, 2.45) is 0 Å². The summed E-state index contributed by atoms with van der Waals surface area (Å²) in [6.45, 7) is 2.18. The van der Waals surface area contributed by atoms with E-state index in [2.05, 4.69) is 15.6 Å². The van der Waals surface area contributed by atoms with Crippen molar-refractivity contribution in [2.75, 3.05) is 31.6 Å². The Morgan fingerprint density at radius 1 is 1.50 bits per heavy atom. The largest absolute Gasteiger partial charge is 0.419 e. The molecule has 0 radical (unpaired) electrons. The van der Waals surface area contributed by atoms with Gasteiger partial charge in [-0.15, -0.1) is 0 Å². The van der Waals surface area contributed by atoms with Crippen LogP contribution in [-0.2, 0) is 10.9 Å². The summed E-state index contributed by atoms with van der Waals surface area (Å²) in [6.07, 6.45) is -3.06. The second kappa shape index (κ2) is 5.53. The smallest absolute Gasteiger partial charge is 0.378 e. The van der Waals surface area contributed by atoms with Gasteiger partial charge in [0.25, 0.3) is 0 Å². The zero-order chi connectivity index (χ0) is 13.0. The first-order valence-electron chi connectivity index (χ1n) is 5.64. The minimum atomic E-state index is -4.40. The van der Waals surface area contributed by atoms with Crippen molar-refractivity contribution in [3.63, 3.8) is 0 Å². The van der Waals surface area contributed by atoms with E-state index >= 15 is 0 Å². The second-order valence-electron chi connectivity index (χ2n) is 4.00. The Labute approximate surface area is 103 Å². The molecule has 0 aromatic carbocycles. The zero-order valence-electron chi connectivity index (χ0n) is 9.63. The Balaban J connectivity index is 2.00. The lowest BCUT2D eigenvalue weighted by Crippen LogP contribution is -2.45. The lowest BCUT2D eigenvalue weighted by atomic mass is 10.2. The number of nitrogens with one attached hydrogen (secondary N) is 2. The van der Waals surface area contributed by atoms with E-state index < -0.39 is 11.7 Å². The monoisotopic (exact) mass is 261 g/mol. The summed E-state index contributed by atoms with van der Waals surface area (Å²) in [5, 5.41) is 5.87. The van der Waals surface area contributed by atoms with Gasteiger partial charge in [0.1, 0.15) is 5.82 Å². The van der Waals surface area contributed by atoms with Crippen LogP contribution >= 0.6 is 0 Å². The van der Waals surface area contributed by atoms with Crippen LogP contribution in [0.3, 0.4) is 0 Å². The molecule has 1 saturated heterocycles. The van der Waals surface area contributed by atoms with Crippen LogP contribution in [0.15, 0.2) is 18.3 Å². The summed E-state index contributed by atoms with van der Waals surface area (Å²) in [6, 6.07) is 2.29. The van der Waals surface area contributed by atoms with Gasteiger partial charge in [0.05, 0.1) is 18.8 Å². The number of rotatable bonds is 3. The fourth-order valence-corrected chi connectivity index (χ4v) is 1.75. The number of halogens is 3. The molecule has 0 aliphatic carbocycles. The Bertz CT molecular complexity index is 391. The average molecular weight is 261 g/mol. The average Bonchev–Trinajstić information content (AvgIpc) is 2.37. The number of ether oxygens (including phenoxy) is 1. The van der Waals surface area contributed by atoms with Gasteiger partial charge in [0, 0.05) is 25.3 Å². The summed E-state index contributed by atoms with van der Waals surface area (Å²) in [4.78, 5) is 3.73. The third kappa shape index (κ3) is 3.33. The maximum Gasteiger partial charge on any atom is 0.419 e. The number of alkyl halides is 3. The molecule has 18 heavy (non-hydrogen) atoms. The number of pyridine rings is 1. The van der Waals surface area contributed by atoms with Gasteiger partial charge in [-0.2, -0.15) is 13.2 Å². The summed E-state index contributed by atoms with van der Waals surface area (Å²) < 4.78 is 43.3. The van der Waals surface area contributed by atoms with Gasteiger partial charge in [-0.25, -0.2) is 4.98 Å². The Hall–Kier alpha value is -1.34. The van der Waals surface area contributed by atoms with Crippen molar-refractivity contribution in [3.8, 4) is 0 Å². The van der Waals surface area contributed by atoms with Gasteiger partial charge in [-0.3, -0.25) is 0 Å². The third-order valence-electron chi connectivity index (χ3n) is 2.63. The number of anilines is 1. The normalized spacial score (nSPS) is 20.7. The van der Waals surface area contributed by atoms with Crippen molar-refractivity contribution < 1.29 is 17.9 Å². The van der Waals surface area contributed by atoms with Crippen LogP contribution in [-0.4, -0.2) is 37.3 Å². The molecule has 1 aromatic rings. The molecule has 4 nitrogen and oxygen atoms in total. The molecule has 1 aliphatic heterocycles. The van der Waals surface area contributed by atoms with E-state index in [0.717, 1.165) is 6.07 Å². The molecule has 1 unspecified atom stereocenters. The quantitative estimate of drug-likeness (QED) is 0.865. The Morgan fingerprint density at radius 3 is 3.00 bits per heavy atom. The topological polar surface area (TPSA) is 46.2 Å². The molecule has 1 aliphatic rings. The van der Waals surface area contributed by atoms with E-state index in [9.17, 15) is 13.2 Å². The first-order chi connectivity index (χ1) is 8.57. The SMILES string of the molecule is FC(F)(F)c1cccnc1NCC1COCCN1. The molecule has 0 saturated carbocycles. The molecule has 7 heteroatoms. The van der Waals surface area contributed by atoms with Crippen LogP contribution in [0.5, 0.6) is 0 Å². The standard InChI is InChI=1S/C11H14F3N3O/c12-11(13,14)9-2-1-3-16-10(9)17-6-8-7-18-5-4-15-8/h1-3,8,15H,4-7H2,(H,16,17). The van der Waals surface area contributed by atoms with Gasteiger partial charge in [-0.05, 0) is 12.1 Å². The van der Waals surface area contributed by atoms with Crippen molar-refractivity contribution in [1.29, 1.82) is 0 Å². The highest BCUT2D eigenvalue weighted by Crippen LogP contribution is 2.33. The minimum absolute atomic E-state index is 0.00170. The number of nitrogens with zero attached hydrogens (tertiary/aromatic N) is 1. The van der Waals surface area contributed by atoms with E-state index in [-0.39, 0.29) is 11.9 Å². The minimum Gasteiger partial charge on any atom is -0.378 e. The summed E-state index contributed by atoms with van der Waals surface area (Å²) in [5.74, 6) is -0.141.